The van der Waals surface area contributed by atoms with Crippen molar-refractivity contribution >= 4 is 76.1 Å². The summed E-state index contributed by atoms with van der Waals surface area (Å²) >= 11 is 0. The highest BCUT2D eigenvalue weighted by Gasteiger charge is 2.37. The number of furan rings is 1. The zero-order chi connectivity index (χ0) is 35.7. The molecule has 0 bridgehead atoms. The van der Waals surface area contributed by atoms with Crippen molar-refractivity contribution in [1.82, 2.24) is 9.97 Å². The second kappa shape index (κ2) is 10.6. The molecule has 1 aliphatic rings. The highest BCUT2D eigenvalue weighted by molar-refractivity contribution is 6.31. The van der Waals surface area contributed by atoms with Crippen molar-refractivity contribution in [2.75, 3.05) is 0 Å². The molecule has 0 atom stereocenters. The average Bonchev–Trinajstić information content (AvgIpc) is 3.70. The Balaban J connectivity index is 1.13. The van der Waals surface area contributed by atoms with Crippen LogP contribution in [0.2, 0.25) is 0 Å². The molecule has 3 heteroatoms. The number of hydrogen-bond acceptors (Lipinski definition) is 3. The fourth-order valence-electron chi connectivity index (χ4n) is 9.48. The smallest absolute Gasteiger partial charge is 0.135 e. The molecule has 0 N–H and O–H groups in total. The molecule has 3 heterocycles. The van der Waals surface area contributed by atoms with Crippen LogP contribution < -0.4 is 0 Å². The summed E-state index contributed by atoms with van der Waals surface area (Å²) in [6.45, 7) is 4.70. The lowest BCUT2D eigenvalue weighted by Gasteiger charge is -2.23. The normalized spacial score (nSPS) is 13.5. The molecule has 3 aromatic heterocycles. The largest absolute Gasteiger partial charge is 0.456 e. The molecule has 3 nitrogen and oxygen atoms in total. The quantitative estimate of drug-likeness (QED) is 0.170. The lowest BCUT2D eigenvalue weighted by atomic mass is 9.80. The topological polar surface area (TPSA) is 38.9 Å². The standard InChI is InChI=1S/C51H32N2O/c1-51(2)42-26-31(19-21-35(42)40-27-41-36-13-7-8-16-45(36)54-46(41)28-43(40)51)32-22-23-39(44-24-20-30-18-17-29-10-9-25-52-49(29)50(30)53-44)48-38-15-6-4-12-34(38)33-11-3-5-14-37(33)47(32)48/h3-28H,1-2H3. The zero-order valence-electron chi connectivity index (χ0n) is 29.8. The number of rotatable bonds is 2. The van der Waals surface area contributed by atoms with Crippen LogP contribution in [0.25, 0.3) is 110 Å². The van der Waals surface area contributed by atoms with Gasteiger partial charge in [-0.05, 0) is 96.7 Å². The van der Waals surface area contributed by atoms with Gasteiger partial charge in [0, 0.05) is 44.1 Å². The molecule has 8 aromatic carbocycles. The van der Waals surface area contributed by atoms with Crippen LogP contribution in [0.5, 0.6) is 0 Å². The molecule has 0 fully saturated rings. The molecule has 0 unspecified atom stereocenters. The summed E-state index contributed by atoms with van der Waals surface area (Å²) in [5, 5.41) is 11.9. The van der Waals surface area contributed by atoms with Gasteiger partial charge in [-0.3, -0.25) is 4.98 Å². The van der Waals surface area contributed by atoms with Crippen molar-refractivity contribution in [2.45, 2.75) is 19.3 Å². The van der Waals surface area contributed by atoms with E-state index >= 15 is 0 Å². The fourth-order valence-corrected chi connectivity index (χ4v) is 9.48. The molecule has 0 saturated heterocycles. The lowest BCUT2D eigenvalue weighted by molar-refractivity contribution is 0.647. The van der Waals surface area contributed by atoms with E-state index in [0.717, 1.165) is 49.6 Å². The maximum atomic E-state index is 6.37. The summed E-state index contributed by atoms with van der Waals surface area (Å²) < 4.78 is 6.37. The molecule has 11 aromatic rings. The SMILES string of the molecule is CC1(C)c2cc(-c3ccc(-c4ccc5ccc6cccnc6c5n4)c4c5ccccc5c5ccccc5c34)ccc2-c2cc3c(cc21)oc1ccccc13. The van der Waals surface area contributed by atoms with Crippen molar-refractivity contribution in [3.05, 3.63) is 169 Å². The van der Waals surface area contributed by atoms with E-state index in [1.165, 1.54) is 71.1 Å². The van der Waals surface area contributed by atoms with Gasteiger partial charge in [0.15, 0.2) is 0 Å². The van der Waals surface area contributed by atoms with Crippen molar-refractivity contribution in [3.63, 3.8) is 0 Å². The van der Waals surface area contributed by atoms with Crippen LogP contribution in [0, 0.1) is 0 Å². The molecule has 0 spiro atoms. The van der Waals surface area contributed by atoms with Crippen LogP contribution >= 0.6 is 0 Å². The Labute approximate surface area is 311 Å². The van der Waals surface area contributed by atoms with Crippen LogP contribution in [-0.4, -0.2) is 9.97 Å². The van der Waals surface area contributed by atoms with Crippen molar-refractivity contribution < 1.29 is 4.42 Å². The number of pyridine rings is 2. The molecule has 252 valence electrons. The number of para-hydroxylation sites is 1. The van der Waals surface area contributed by atoms with E-state index in [9.17, 15) is 0 Å². The van der Waals surface area contributed by atoms with Gasteiger partial charge in [-0.1, -0.05) is 129 Å². The first-order chi connectivity index (χ1) is 26.5. The Morgan fingerprint density at radius 1 is 0.444 bits per heavy atom. The van der Waals surface area contributed by atoms with Crippen molar-refractivity contribution in [2.24, 2.45) is 0 Å². The Hall–Kier alpha value is -6.84. The first kappa shape index (κ1) is 29.7. The van der Waals surface area contributed by atoms with Crippen molar-refractivity contribution in [3.8, 4) is 33.5 Å². The first-order valence-corrected chi connectivity index (χ1v) is 18.6. The Bertz CT molecular complexity index is 3420. The molecule has 0 saturated carbocycles. The van der Waals surface area contributed by atoms with E-state index in [1.54, 1.807) is 0 Å². The molecule has 0 aliphatic heterocycles. The van der Waals surface area contributed by atoms with Crippen LogP contribution in [0.1, 0.15) is 25.0 Å². The third-order valence-corrected chi connectivity index (χ3v) is 12.1. The first-order valence-electron chi connectivity index (χ1n) is 18.6. The molecule has 1 aliphatic carbocycles. The Morgan fingerprint density at radius 2 is 1.07 bits per heavy atom. The van der Waals surface area contributed by atoms with Gasteiger partial charge in [0.2, 0.25) is 0 Å². The third kappa shape index (κ3) is 3.96. The predicted molar refractivity (Wildman–Crippen MR) is 225 cm³/mol. The maximum Gasteiger partial charge on any atom is 0.135 e. The van der Waals surface area contributed by atoms with Gasteiger partial charge in [0.05, 0.1) is 16.7 Å². The summed E-state index contributed by atoms with van der Waals surface area (Å²) in [5.41, 5.74) is 13.3. The van der Waals surface area contributed by atoms with E-state index in [0.29, 0.717) is 0 Å². The van der Waals surface area contributed by atoms with Gasteiger partial charge in [-0.2, -0.15) is 0 Å². The molecular formula is C51H32N2O. The number of aromatic nitrogens is 2. The predicted octanol–water partition coefficient (Wildman–Crippen LogP) is 13.8. The molecule has 54 heavy (non-hydrogen) atoms. The summed E-state index contributed by atoms with van der Waals surface area (Å²) in [7, 11) is 0. The van der Waals surface area contributed by atoms with E-state index in [4.69, 9.17) is 14.4 Å². The maximum absolute atomic E-state index is 6.37. The number of hydrogen-bond donors (Lipinski definition) is 0. The van der Waals surface area contributed by atoms with E-state index < -0.39 is 0 Å². The number of nitrogens with zero attached hydrogens (tertiary/aromatic N) is 2. The zero-order valence-corrected chi connectivity index (χ0v) is 29.8. The van der Waals surface area contributed by atoms with Crippen LogP contribution in [-0.2, 0) is 5.41 Å². The summed E-state index contributed by atoms with van der Waals surface area (Å²) in [6.07, 6.45) is 1.86. The van der Waals surface area contributed by atoms with Gasteiger partial charge in [-0.25, -0.2) is 4.98 Å². The van der Waals surface area contributed by atoms with Gasteiger partial charge < -0.3 is 4.42 Å². The summed E-state index contributed by atoms with van der Waals surface area (Å²) in [5.74, 6) is 0. The highest BCUT2D eigenvalue weighted by Crippen LogP contribution is 2.53. The molecular weight excluding hydrogens is 657 g/mol. The van der Waals surface area contributed by atoms with Gasteiger partial charge in [0.1, 0.15) is 11.2 Å². The van der Waals surface area contributed by atoms with Crippen LogP contribution in [0.3, 0.4) is 0 Å². The van der Waals surface area contributed by atoms with Crippen molar-refractivity contribution in [1.29, 1.82) is 0 Å². The summed E-state index contributed by atoms with van der Waals surface area (Å²) in [6, 6.07) is 55.2. The van der Waals surface area contributed by atoms with Crippen LogP contribution in [0.15, 0.2) is 162 Å². The minimum absolute atomic E-state index is 0.204. The molecule has 12 rings (SSSR count). The van der Waals surface area contributed by atoms with Gasteiger partial charge >= 0.3 is 0 Å². The number of benzene rings is 8. The van der Waals surface area contributed by atoms with Crippen LogP contribution in [0.4, 0.5) is 0 Å². The average molecular weight is 689 g/mol. The van der Waals surface area contributed by atoms with Gasteiger partial charge in [0.25, 0.3) is 0 Å². The van der Waals surface area contributed by atoms with E-state index in [-0.39, 0.29) is 5.41 Å². The Morgan fingerprint density at radius 3 is 1.87 bits per heavy atom. The van der Waals surface area contributed by atoms with E-state index in [2.05, 4.69) is 153 Å². The molecule has 0 radical (unpaired) electrons. The monoisotopic (exact) mass is 688 g/mol. The minimum Gasteiger partial charge on any atom is -0.456 e. The van der Waals surface area contributed by atoms with E-state index in [1.807, 2.05) is 18.3 Å². The lowest BCUT2D eigenvalue weighted by Crippen LogP contribution is -2.15. The second-order valence-electron chi connectivity index (χ2n) is 15.3. The number of fused-ring (bicyclic) bond motifs is 15. The summed E-state index contributed by atoms with van der Waals surface area (Å²) in [4.78, 5) is 10.1. The van der Waals surface area contributed by atoms with Gasteiger partial charge in [-0.15, -0.1) is 0 Å². The highest BCUT2D eigenvalue weighted by atomic mass is 16.3. The minimum atomic E-state index is -0.204. The third-order valence-electron chi connectivity index (χ3n) is 12.1. The fraction of sp³-hybridized carbons (Fsp3) is 0.0588. The molecule has 0 amide bonds. The Kier molecular flexibility index (Phi) is 5.84. The second-order valence-corrected chi connectivity index (χ2v) is 15.3.